The van der Waals surface area contributed by atoms with Crippen LogP contribution < -0.4 is 21.1 Å². The summed E-state index contributed by atoms with van der Waals surface area (Å²) in [5, 5.41) is -0.882. The van der Waals surface area contributed by atoms with Gasteiger partial charge in [-0.25, -0.2) is 18.0 Å². The molecule has 14 heteroatoms. The van der Waals surface area contributed by atoms with E-state index in [0.717, 1.165) is 10.6 Å². The molecule has 6 rings (SSSR count). The molecule has 1 saturated heterocycles. The number of fused-ring (bicyclic) bond motifs is 2. The fourth-order valence-corrected chi connectivity index (χ4v) is 7.12. The molecule has 1 fully saturated rings. The second kappa shape index (κ2) is 12.1. The number of amides is 1. The van der Waals surface area contributed by atoms with Crippen LogP contribution in [-0.2, 0) is 4.79 Å². The number of nitrogens with two attached hydrogens (primary N) is 1. The standard InChI is InChI=1S/C33H31Cl2F3N6O3/c1-6-20(45)42-12-16(5)43-17(13-42)8-10-47-31-23-30(25(37)21(26(31)38)22-24(36)18(34)11-19(35)27(22)39)44(33(46)41-32(23)43)29-15(4)7-9-40-28(29)14(2)3/h6-7,9,11,14,16-17H,1,8,10,12-13,39H2,2-5H3. The van der Waals surface area contributed by atoms with Crippen LogP contribution in [0.3, 0.4) is 0 Å². The van der Waals surface area contributed by atoms with Crippen molar-refractivity contribution >= 4 is 51.5 Å². The zero-order valence-corrected chi connectivity index (χ0v) is 27.5. The molecule has 0 saturated carbocycles. The third-order valence-electron chi connectivity index (χ3n) is 8.75. The molecule has 2 aromatic carbocycles. The zero-order valence-electron chi connectivity index (χ0n) is 26.0. The average Bonchev–Trinajstić information content (AvgIpc) is 3.01. The summed E-state index contributed by atoms with van der Waals surface area (Å²) >= 11 is 12.3. The summed E-state index contributed by atoms with van der Waals surface area (Å²) in [6.07, 6.45) is 3.07. The van der Waals surface area contributed by atoms with E-state index in [2.05, 4.69) is 16.5 Å². The Morgan fingerprint density at radius 2 is 1.87 bits per heavy atom. The lowest BCUT2D eigenvalue weighted by Crippen LogP contribution is -2.60. The van der Waals surface area contributed by atoms with Gasteiger partial charge < -0.3 is 20.3 Å². The smallest absolute Gasteiger partial charge is 0.354 e. The maximum absolute atomic E-state index is 17.4. The van der Waals surface area contributed by atoms with Crippen molar-refractivity contribution in [2.24, 2.45) is 0 Å². The quantitative estimate of drug-likeness (QED) is 0.147. The summed E-state index contributed by atoms with van der Waals surface area (Å²) in [5.41, 5.74) is 3.99. The molecule has 2 aliphatic heterocycles. The molecule has 2 aromatic heterocycles. The van der Waals surface area contributed by atoms with Crippen LogP contribution in [-0.4, -0.2) is 57.1 Å². The van der Waals surface area contributed by atoms with E-state index in [1.165, 1.54) is 6.08 Å². The van der Waals surface area contributed by atoms with Gasteiger partial charge in [0.15, 0.2) is 23.2 Å². The number of aryl methyl sites for hydroxylation is 1. The number of hydrogen-bond donors (Lipinski definition) is 1. The van der Waals surface area contributed by atoms with Gasteiger partial charge in [0.25, 0.3) is 0 Å². The first kappa shape index (κ1) is 32.6. The van der Waals surface area contributed by atoms with Crippen molar-refractivity contribution in [2.45, 2.75) is 52.1 Å². The molecule has 1 amide bonds. The van der Waals surface area contributed by atoms with Gasteiger partial charge in [-0.3, -0.25) is 14.3 Å². The van der Waals surface area contributed by atoms with Crippen LogP contribution in [0.5, 0.6) is 5.75 Å². The fraction of sp³-hybridized carbons (Fsp3) is 0.333. The molecule has 246 valence electrons. The minimum absolute atomic E-state index is 0.0336. The number of nitrogens with zero attached hydrogens (tertiary/aromatic N) is 5. The lowest BCUT2D eigenvalue weighted by atomic mass is 9.96. The van der Waals surface area contributed by atoms with Crippen LogP contribution >= 0.6 is 23.2 Å². The predicted octanol–water partition coefficient (Wildman–Crippen LogP) is 6.56. The highest BCUT2D eigenvalue weighted by molar-refractivity contribution is 6.37. The van der Waals surface area contributed by atoms with Gasteiger partial charge in [-0.15, -0.1) is 0 Å². The van der Waals surface area contributed by atoms with Crippen LogP contribution in [0.4, 0.5) is 24.7 Å². The summed E-state index contributed by atoms with van der Waals surface area (Å²) in [7, 11) is 0. The number of nitrogen functional groups attached to an aromatic ring is 1. The Labute approximate surface area is 278 Å². The number of aromatic nitrogens is 3. The second-order valence-electron chi connectivity index (χ2n) is 12.1. The number of carbonyl (C=O) groups is 1. The Balaban J connectivity index is 1.81. The van der Waals surface area contributed by atoms with Crippen molar-refractivity contribution < 1.29 is 22.7 Å². The highest BCUT2D eigenvalue weighted by Crippen LogP contribution is 2.48. The number of hydrogen-bond acceptors (Lipinski definition) is 7. The Morgan fingerprint density at radius 3 is 2.55 bits per heavy atom. The first-order valence-corrected chi connectivity index (χ1v) is 15.7. The van der Waals surface area contributed by atoms with Crippen LogP contribution in [0.25, 0.3) is 27.7 Å². The summed E-state index contributed by atoms with van der Waals surface area (Å²) in [5.74, 6) is -4.78. The van der Waals surface area contributed by atoms with Crippen molar-refractivity contribution in [3.05, 3.63) is 80.2 Å². The van der Waals surface area contributed by atoms with Gasteiger partial charge in [0.1, 0.15) is 11.3 Å². The van der Waals surface area contributed by atoms with E-state index in [0.29, 0.717) is 11.3 Å². The number of ether oxygens (including phenoxy) is 1. The largest absolute Gasteiger partial charge is 0.490 e. The first-order chi connectivity index (χ1) is 22.3. The first-order valence-electron chi connectivity index (χ1n) is 15.0. The van der Waals surface area contributed by atoms with Crippen LogP contribution in [0, 0.1) is 24.4 Å². The van der Waals surface area contributed by atoms with Crippen molar-refractivity contribution in [1.29, 1.82) is 0 Å². The van der Waals surface area contributed by atoms with Gasteiger partial charge in [-0.2, -0.15) is 4.98 Å². The van der Waals surface area contributed by atoms with Crippen molar-refractivity contribution in [1.82, 2.24) is 19.4 Å². The molecule has 0 bridgehead atoms. The molecular formula is C33H31Cl2F3N6O3. The second-order valence-corrected chi connectivity index (χ2v) is 12.9. The number of benzene rings is 2. The lowest BCUT2D eigenvalue weighted by molar-refractivity contribution is -0.127. The molecule has 4 heterocycles. The van der Waals surface area contributed by atoms with Gasteiger partial charge >= 0.3 is 5.69 Å². The molecule has 2 N–H and O–H groups in total. The highest BCUT2D eigenvalue weighted by atomic mass is 35.5. The van der Waals surface area contributed by atoms with Crippen molar-refractivity contribution in [2.75, 3.05) is 30.3 Å². The van der Waals surface area contributed by atoms with Gasteiger partial charge in [-0.1, -0.05) is 43.6 Å². The maximum atomic E-state index is 17.4. The number of halogens is 5. The SMILES string of the molecule is C=CC(=O)N1CC(C)N2c3nc(=O)n(-c4c(C)ccnc4C(C)C)c4c(F)c(-c5c(N)c(Cl)cc(Cl)c5F)c(F)c(c34)OCCC2C1. The topological polar surface area (TPSA) is 107 Å². The van der Waals surface area contributed by atoms with E-state index >= 15 is 13.2 Å². The number of rotatable bonds is 4. The number of piperazine rings is 1. The van der Waals surface area contributed by atoms with Crippen LogP contribution in [0.15, 0.2) is 35.8 Å². The van der Waals surface area contributed by atoms with E-state index in [1.807, 2.05) is 20.8 Å². The lowest BCUT2D eigenvalue weighted by Gasteiger charge is -2.47. The molecular weight excluding hydrogens is 656 g/mol. The average molecular weight is 688 g/mol. The number of pyridine rings is 1. The van der Waals surface area contributed by atoms with Gasteiger partial charge in [0, 0.05) is 37.3 Å². The Hall–Kier alpha value is -4.29. The Kier molecular flexibility index (Phi) is 8.38. The highest BCUT2D eigenvalue weighted by Gasteiger charge is 2.40. The Bertz CT molecular complexity index is 2030. The molecule has 9 nitrogen and oxygen atoms in total. The van der Waals surface area contributed by atoms with Gasteiger partial charge in [0.05, 0.1) is 50.7 Å². The number of carbonyl (C=O) groups excluding carboxylic acids is 1. The molecule has 0 radical (unpaired) electrons. The molecule has 0 spiro atoms. The summed E-state index contributed by atoms with van der Waals surface area (Å²) in [6, 6.07) is 1.82. The van der Waals surface area contributed by atoms with Gasteiger partial charge in [-0.05, 0) is 43.5 Å². The minimum Gasteiger partial charge on any atom is -0.490 e. The third-order valence-corrected chi connectivity index (χ3v) is 9.33. The molecule has 0 aliphatic carbocycles. The Morgan fingerprint density at radius 1 is 1.15 bits per heavy atom. The maximum Gasteiger partial charge on any atom is 0.354 e. The molecule has 2 unspecified atom stereocenters. The molecule has 2 atom stereocenters. The van der Waals surface area contributed by atoms with E-state index in [4.69, 9.17) is 33.7 Å². The summed E-state index contributed by atoms with van der Waals surface area (Å²) < 4.78 is 57.1. The summed E-state index contributed by atoms with van der Waals surface area (Å²) in [6.45, 7) is 11.2. The number of anilines is 2. The normalized spacial score (nSPS) is 17.7. The van der Waals surface area contributed by atoms with Gasteiger partial charge in [0.2, 0.25) is 5.91 Å². The van der Waals surface area contributed by atoms with E-state index in [1.54, 1.807) is 29.0 Å². The van der Waals surface area contributed by atoms with Crippen LogP contribution in [0.2, 0.25) is 10.0 Å². The van der Waals surface area contributed by atoms with Crippen molar-refractivity contribution in [3.8, 4) is 22.6 Å². The third kappa shape index (κ3) is 5.09. The van der Waals surface area contributed by atoms with E-state index in [-0.39, 0.29) is 59.9 Å². The summed E-state index contributed by atoms with van der Waals surface area (Å²) in [4.78, 5) is 39.2. The van der Waals surface area contributed by atoms with Crippen LogP contribution in [0.1, 0.15) is 44.4 Å². The van der Waals surface area contributed by atoms with E-state index < -0.39 is 68.3 Å². The van der Waals surface area contributed by atoms with E-state index in [9.17, 15) is 9.59 Å². The van der Waals surface area contributed by atoms with Crippen molar-refractivity contribution in [3.63, 3.8) is 0 Å². The molecule has 2 aliphatic rings. The predicted molar refractivity (Wildman–Crippen MR) is 176 cm³/mol. The minimum atomic E-state index is -1.31. The molecule has 47 heavy (non-hydrogen) atoms. The monoisotopic (exact) mass is 686 g/mol. The zero-order chi connectivity index (χ0) is 34.1. The molecule has 4 aromatic rings. The fourth-order valence-electron chi connectivity index (χ4n) is 6.65.